The van der Waals surface area contributed by atoms with Crippen LogP contribution < -0.4 is 16.7 Å². The minimum absolute atomic E-state index is 0.00227. The van der Waals surface area contributed by atoms with E-state index in [1.807, 2.05) is 12.1 Å². The van der Waals surface area contributed by atoms with Gasteiger partial charge < -0.3 is 0 Å². The van der Waals surface area contributed by atoms with Gasteiger partial charge in [-0.25, -0.2) is 0 Å². The van der Waals surface area contributed by atoms with E-state index in [2.05, 4.69) is 0 Å². The third kappa shape index (κ3) is 8.15. The van der Waals surface area contributed by atoms with Gasteiger partial charge in [0.25, 0.3) is 0 Å². The molecule has 0 heterocycles. The molecule has 1 aliphatic carbocycles. The van der Waals surface area contributed by atoms with Crippen LogP contribution in [0.4, 0.5) is 17.6 Å². The summed E-state index contributed by atoms with van der Waals surface area (Å²) >= 11 is -0.831. The zero-order valence-electron chi connectivity index (χ0n) is 20.1. The molecular formula is C25H26F4O7STe. The van der Waals surface area contributed by atoms with Crippen LogP contribution in [-0.4, -0.2) is 63.4 Å². The molecule has 2 aromatic rings. The number of ether oxygens (including phenoxy) is 2. The average Bonchev–Trinajstić information content (AvgIpc) is 2.88. The van der Waals surface area contributed by atoms with Crippen LogP contribution in [0.1, 0.15) is 44.9 Å². The second-order valence-electron chi connectivity index (χ2n) is 8.81. The molecule has 0 atom stereocenters. The molecule has 0 aromatic heterocycles. The van der Waals surface area contributed by atoms with Crippen molar-refractivity contribution in [3.8, 4) is 11.5 Å². The Labute approximate surface area is 227 Å². The summed E-state index contributed by atoms with van der Waals surface area (Å²) in [6.07, 6.45) is 2.16. The van der Waals surface area contributed by atoms with Gasteiger partial charge in [0, 0.05) is 0 Å². The number of esters is 1. The van der Waals surface area contributed by atoms with Crippen molar-refractivity contribution in [3.05, 3.63) is 48.5 Å². The van der Waals surface area contributed by atoms with E-state index in [9.17, 15) is 35.6 Å². The van der Waals surface area contributed by atoms with Gasteiger partial charge in [-0.05, 0) is 0 Å². The van der Waals surface area contributed by atoms with E-state index in [0.29, 0.717) is 5.75 Å². The number of ketones is 1. The zero-order valence-corrected chi connectivity index (χ0v) is 23.2. The van der Waals surface area contributed by atoms with Gasteiger partial charge in [0.05, 0.1) is 0 Å². The molecule has 1 fully saturated rings. The molecule has 0 radical (unpaired) electrons. The summed E-state index contributed by atoms with van der Waals surface area (Å²) in [5.74, 6) is -5.60. The van der Waals surface area contributed by atoms with Crippen molar-refractivity contribution in [2.24, 2.45) is 5.92 Å². The minimum atomic E-state index is -6.36. The zero-order chi connectivity index (χ0) is 28.0. The van der Waals surface area contributed by atoms with Crippen LogP contribution in [0.25, 0.3) is 0 Å². The van der Waals surface area contributed by atoms with Crippen molar-refractivity contribution >= 4 is 50.0 Å². The molecule has 0 amide bonds. The fourth-order valence-corrected chi connectivity index (χ4v) is 6.60. The van der Waals surface area contributed by atoms with Gasteiger partial charge in [-0.3, -0.25) is 0 Å². The fraction of sp³-hybridized carbons (Fsp3) is 0.440. The molecule has 1 aliphatic rings. The Balaban J connectivity index is 1.46. The molecule has 38 heavy (non-hydrogen) atoms. The molecule has 0 bridgehead atoms. The second-order valence-corrected chi connectivity index (χ2v) is 13.5. The Morgan fingerprint density at radius 1 is 0.895 bits per heavy atom. The number of hydrogen-bond donors (Lipinski definition) is 1. The van der Waals surface area contributed by atoms with E-state index in [1.165, 1.54) is 18.6 Å². The van der Waals surface area contributed by atoms with Crippen molar-refractivity contribution in [3.63, 3.8) is 0 Å². The molecule has 3 rings (SSSR count). The molecule has 7 nitrogen and oxygen atoms in total. The molecule has 208 valence electrons. The summed E-state index contributed by atoms with van der Waals surface area (Å²) in [5.41, 5.74) is 0. The van der Waals surface area contributed by atoms with E-state index >= 15 is 0 Å². The Morgan fingerprint density at radius 3 is 1.95 bits per heavy atom. The topological polar surface area (TPSA) is 107 Å². The molecule has 0 saturated heterocycles. The number of halogens is 4. The second kappa shape index (κ2) is 12.8. The first-order valence-corrected chi connectivity index (χ1v) is 15.5. The first-order valence-electron chi connectivity index (χ1n) is 11.8. The number of Topliss-reactive ketones (excluding diaryl/α,β-unsaturated/α-hetero) is 1. The maximum atomic E-state index is 13.5. The third-order valence-corrected chi connectivity index (χ3v) is 9.79. The van der Waals surface area contributed by atoms with Crippen molar-refractivity contribution in [2.45, 2.75) is 56.1 Å². The quantitative estimate of drug-likeness (QED) is 0.121. The van der Waals surface area contributed by atoms with Gasteiger partial charge in [-0.2, -0.15) is 0 Å². The van der Waals surface area contributed by atoms with Gasteiger partial charge in [0.2, 0.25) is 0 Å². The van der Waals surface area contributed by atoms with Crippen LogP contribution in [0.3, 0.4) is 0 Å². The van der Waals surface area contributed by atoms with Crippen molar-refractivity contribution < 1.29 is 49.6 Å². The van der Waals surface area contributed by atoms with Crippen LogP contribution in [0.2, 0.25) is 0 Å². The molecular weight excluding hydrogens is 648 g/mol. The summed E-state index contributed by atoms with van der Waals surface area (Å²) < 4.78 is 95.4. The van der Waals surface area contributed by atoms with E-state index in [0.717, 1.165) is 32.9 Å². The normalized spacial score (nSPS) is 15.2. The molecule has 1 N–H and O–H groups in total. The SMILES string of the molecule is O=C(CCC(F)(F)C(F)(F)S(=O)(=O)O)Oc1ccc([Te]c2ccc(OCC(=O)C3CCCCC3)cc2)cc1. The Bertz CT molecular complexity index is 1210. The van der Waals surface area contributed by atoms with Crippen LogP contribution in [0, 0.1) is 5.92 Å². The van der Waals surface area contributed by atoms with Crippen molar-refractivity contribution in [2.75, 3.05) is 6.61 Å². The number of alkyl halides is 4. The first kappa shape index (κ1) is 30.3. The molecule has 13 heteroatoms. The van der Waals surface area contributed by atoms with Crippen LogP contribution in [0.5, 0.6) is 11.5 Å². The van der Waals surface area contributed by atoms with Crippen LogP contribution in [0.15, 0.2) is 48.5 Å². The first-order chi connectivity index (χ1) is 17.8. The Hall–Kier alpha value is -2.20. The van der Waals surface area contributed by atoms with Gasteiger partial charge in [0.1, 0.15) is 0 Å². The third-order valence-electron chi connectivity index (χ3n) is 5.95. The Kier molecular flexibility index (Phi) is 10.2. The summed E-state index contributed by atoms with van der Waals surface area (Å²) in [7, 11) is -6.36. The van der Waals surface area contributed by atoms with E-state index in [-0.39, 0.29) is 24.1 Å². The van der Waals surface area contributed by atoms with Crippen LogP contribution in [-0.2, 0) is 19.7 Å². The van der Waals surface area contributed by atoms with Crippen molar-refractivity contribution in [1.82, 2.24) is 0 Å². The fourth-order valence-electron chi connectivity index (χ4n) is 3.79. The molecule has 2 aromatic carbocycles. The average molecular weight is 674 g/mol. The molecule has 0 spiro atoms. The number of carbonyl (C=O) groups is 2. The summed E-state index contributed by atoms with van der Waals surface area (Å²) in [4.78, 5) is 24.1. The molecule has 0 aliphatic heterocycles. The predicted octanol–water partition coefficient (Wildman–Crippen LogP) is 3.67. The number of hydrogen-bond acceptors (Lipinski definition) is 6. The summed E-state index contributed by atoms with van der Waals surface area (Å²) in [5, 5.41) is -5.73. The van der Waals surface area contributed by atoms with E-state index in [4.69, 9.17) is 14.0 Å². The van der Waals surface area contributed by atoms with Gasteiger partial charge in [0.15, 0.2) is 0 Å². The van der Waals surface area contributed by atoms with Crippen LogP contribution >= 0.6 is 0 Å². The molecule has 0 unspecified atom stereocenters. The van der Waals surface area contributed by atoms with Gasteiger partial charge in [-0.1, -0.05) is 0 Å². The van der Waals surface area contributed by atoms with E-state index < -0.39 is 61.0 Å². The number of rotatable bonds is 12. The monoisotopic (exact) mass is 676 g/mol. The maximum absolute atomic E-state index is 13.5. The number of carbonyl (C=O) groups excluding carboxylic acids is 2. The summed E-state index contributed by atoms with van der Waals surface area (Å²) in [6, 6.07) is 13.6. The predicted molar refractivity (Wildman–Crippen MR) is 131 cm³/mol. The molecule has 1 saturated carbocycles. The van der Waals surface area contributed by atoms with Crippen molar-refractivity contribution in [1.29, 1.82) is 0 Å². The van der Waals surface area contributed by atoms with Gasteiger partial charge in [-0.15, -0.1) is 0 Å². The van der Waals surface area contributed by atoms with E-state index in [1.54, 1.807) is 24.3 Å². The number of benzene rings is 2. The summed E-state index contributed by atoms with van der Waals surface area (Å²) in [6.45, 7) is 0.0570. The Morgan fingerprint density at radius 2 is 1.42 bits per heavy atom. The van der Waals surface area contributed by atoms with Gasteiger partial charge >= 0.3 is 228 Å². The standard InChI is InChI=1S/C25H26F4O7STe/c26-24(27,25(28,29)37(32,33)34)15-14-23(31)36-19-8-12-21(13-9-19)38-20-10-6-18(7-11-20)35-16-22(30)17-4-2-1-3-5-17/h6-13,17H,1-5,14-16H2,(H,32,33,34).